The third-order valence-corrected chi connectivity index (χ3v) is 3.88. The van der Waals surface area contributed by atoms with Crippen LogP contribution in [0, 0.1) is 0 Å². The minimum Gasteiger partial charge on any atom is -0.487 e. The second kappa shape index (κ2) is 7.48. The minimum absolute atomic E-state index is 0.418. The van der Waals surface area contributed by atoms with Crippen molar-refractivity contribution in [2.24, 2.45) is 5.73 Å². The fourth-order valence-corrected chi connectivity index (χ4v) is 2.63. The lowest BCUT2D eigenvalue weighted by atomic mass is 10.1. The first-order valence-corrected chi connectivity index (χ1v) is 7.73. The van der Waals surface area contributed by atoms with E-state index in [9.17, 15) is 0 Å². The lowest BCUT2D eigenvalue weighted by Crippen LogP contribution is -2.09. The molecule has 0 radical (unpaired) electrons. The van der Waals surface area contributed by atoms with Crippen molar-refractivity contribution in [3.05, 3.63) is 46.2 Å². The molecule has 0 atom stereocenters. The number of para-hydroxylation sites is 1. The Labute approximate surface area is 130 Å². The summed E-state index contributed by atoms with van der Waals surface area (Å²) >= 11 is 6.39. The van der Waals surface area contributed by atoms with Gasteiger partial charge >= 0.3 is 0 Å². The van der Waals surface area contributed by atoms with Crippen LogP contribution in [-0.4, -0.2) is 16.3 Å². The standard InChI is InChI=1S/C16H22ClN3O/c1-3-13-16(17)14(20(4-2)19-13)11-21-15-8-6-5-7-12(15)9-10-18/h5-8H,3-4,9-11,18H2,1-2H3. The summed E-state index contributed by atoms with van der Waals surface area (Å²) in [6.45, 7) is 5.90. The molecule has 21 heavy (non-hydrogen) atoms. The number of hydrogen-bond acceptors (Lipinski definition) is 3. The molecule has 2 N–H and O–H groups in total. The highest BCUT2D eigenvalue weighted by Gasteiger charge is 2.15. The zero-order valence-electron chi connectivity index (χ0n) is 12.6. The maximum atomic E-state index is 6.39. The van der Waals surface area contributed by atoms with Crippen LogP contribution in [0.25, 0.3) is 0 Å². The summed E-state index contributed by atoms with van der Waals surface area (Å²) in [7, 11) is 0. The van der Waals surface area contributed by atoms with Gasteiger partial charge in [-0.2, -0.15) is 5.10 Å². The van der Waals surface area contributed by atoms with E-state index >= 15 is 0 Å². The van der Waals surface area contributed by atoms with E-state index in [0.717, 1.165) is 47.1 Å². The van der Waals surface area contributed by atoms with Crippen molar-refractivity contribution in [3.63, 3.8) is 0 Å². The van der Waals surface area contributed by atoms with E-state index in [4.69, 9.17) is 22.1 Å². The van der Waals surface area contributed by atoms with Gasteiger partial charge in [-0.25, -0.2) is 0 Å². The van der Waals surface area contributed by atoms with Gasteiger partial charge in [0.05, 0.1) is 16.4 Å². The normalized spacial score (nSPS) is 10.9. The molecule has 1 aromatic heterocycles. The van der Waals surface area contributed by atoms with E-state index in [1.165, 1.54) is 0 Å². The van der Waals surface area contributed by atoms with Crippen molar-refractivity contribution < 1.29 is 4.74 Å². The fourth-order valence-electron chi connectivity index (χ4n) is 2.31. The van der Waals surface area contributed by atoms with E-state index in [1.54, 1.807) is 0 Å². The summed E-state index contributed by atoms with van der Waals surface area (Å²) in [6, 6.07) is 7.96. The van der Waals surface area contributed by atoms with Crippen molar-refractivity contribution in [1.29, 1.82) is 0 Å². The Morgan fingerprint density at radius 3 is 2.71 bits per heavy atom. The van der Waals surface area contributed by atoms with Gasteiger partial charge < -0.3 is 10.5 Å². The number of ether oxygens (including phenoxy) is 1. The molecular formula is C16H22ClN3O. The lowest BCUT2D eigenvalue weighted by Gasteiger charge is -2.12. The summed E-state index contributed by atoms with van der Waals surface area (Å²) in [5, 5.41) is 5.22. The second-order valence-electron chi connectivity index (χ2n) is 4.81. The quantitative estimate of drug-likeness (QED) is 0.854. The molecule has 0 aliphatic heterocycles. The Morgan fingerprint density at radius 1 is 1.29 bits per heavy atom. The van der Waals surface area contributed by atoms with Gasteiger partial charge in [0.1, 0.15) is 12.4 Å². The van der Waals surface area contributed by atoms with Crippen LogP contribution < -0.4 is 10.5 Å². The van der Waals surface area contributed by atoms with Crippen LogP contribution in [0.5, 0.6) is 5.75 Å². The predicted molar refractivity (Wildman–Crippen MR) is 85.8 cm³/mol. The van der Waals surface area contributed by atoms with E-state index in [2.05, 4.69) is 18.9 Å². The van der Waals surface area contributed by atoms with Gasteiger partial charge in [0.25, 0.3) is 0 Å². The van der Waals surface area contributed by atoms with Crippen molar-refractivity contribution in [3.8, 4) is 5.75 Å². The fraction of sp³-hybridized carbons (Fsp3) is 0.438. The van der Waals surface area contributed by atoms with Gasteiger partial charge in [-0.1, -0.05) is 36.7 Å². The van der Waals surface area contributed by atoms with Crippen molar-refractivity contribution in [1.82, 2.24) is 9.78 Å². The van der Waals surface area contributed by atoms with E-state index in [0.29, 0.717) is 13.2 Å². The number of nitrogens with two attached hydrogens (primary N) is 1. The van der Waals surface area contributed by atoms with Crippen molar-refractivity contribution in [2.75, 3.05) is 6.54 Å². The molecule has 0 spiro atoms. The number of aromatic nitrogens is 2. The summed E-state index contributed by atoms with van der Waals surface area (Å²) in [4.78, 5) is 0. The lowest BCUT2D eigenvalue weighted by molar-refractivity contribution is 0.289. The summed E-state index contributed by atoms with van der Waals surface area (Å²) < 4.78 is 7.87. The monoisotopic (exact) mass is 307 g/mol. The van der Waals surface area contributed by atoms with E-state index in [1.807, 2.05) is 28.9 Å². The molecule has 1 aromatic carbocycles. The third kappa shape index (κ3) is 3.57. The van der Waals surface area contributed by atoms with Crippen molar-refractivity contribution >= 4 is 11.6 Å². The maximum Gasteiger partial charge on any atom is 0.131 e. The van der Waals surface area contributed by atoms with Gasteiger partial charge in [-0.05, 0) is 37.9 Å². The van der Waals surface area contributed by atoms with Crippen molar-refractivity contribution in [2.45, 2.75) is 39.8 Å². The highest BCUT2D eigenvalue weighted by atomic mass is 35.5. The van der Waals surface area contributed by atoms with Gasteiger partial charge in [0.15, 0.2) is 0 Å². The zero-order valence-corrected chi connectivity index (χ0v) is 13.4. The summed E-state index contributed by atoms with van der Waals surface area (Å²) in [6.07, 6.45) is 1.62. The average Bonchev–Trinajstić information content (AvgIpc) is 2.82. The Balaban J connectivity index is 2.18. The highest BCUT2D eigenvalue weighted by Crippen LogP contribution is 2.25. The number of benzene rings is 1. The summed E-state index contributed by atoms with van der Waals surface area (Å²) in [5.74, 6) is 0.862. The first-order chi connectivity index (χ1) is 10.2. The molecule has 2 rings (SSSR count). The molecule has 0 unspecified atom stereocenters. The van der Waals surface area contributed by atoms with E-state index in [-0.39, 0.29) is 0 Å². The smallest absolute Gasteiger partial charge is 0.131 e. The van der Waals surface area contributed by atoms with Crippen LogP contribution in [0.4, 0.5) is 0 Å². The molecule has 4 nitrogen and oxygen atoms in total. The number of aryl methyl sites for hydroxylation is 2. The highest BCUT2D eigenvalue weighted by molar-refractivity contribution is 6.31. The SMILES string of the molecule is CCc1nn(CC)c(COc2ccccc2CCN)c1Cl. The van der Waals surface area contributed by atoms with Crippen LogP contribution in [0.3, 0.4) is 0 Å². The Morgan fingerprint density at radius 2 is 2.05 bits per heavy atom. The average molecular weight is 308 g/mol. The molecule has 0 bridgehead atoms. The van der Waals surface area contributed by atoms with Gasteiger partial charge in [-0.15, -0.1) is 0 Å². The molecule has 1 heterocycles. The first kappa shape index (κ1) is 15.9. The van der Waals surface area contributed by atoms with Gasteiger partial charge in [0.2, 0.25) is 0 Å². The first-order valence-electron chi connectivity index (χ1n) is 7.36. The number of halogens is 1. The van der Waals surface area contributed by atoms with Crippen LogP contribution in [0.2, 0.25) is 5.02 Å². The Bertz CT molecular complexity index is 595. The molecule has 0 saturated carbocycles. The second-order valence-corrected chi connectivity index (χ2v) is 5.19. The minimum atomic E-state index is 0.418. The van der Waals surface area contributed by atoms with Crippen LogP contribution in [0.15, 0.2) is 24.3 Å². The van der Waals surface area contributed by atoms with E-state index < -0.39 is 0 Å². The molecule has 0 saturated heterocycles. The van der Waals surface area contributed by atoms with Gasteiger partial charge in [0, 0.05) is 6.54 Å². The third-order valence-electron chi connectivity index (χ3n) is 3.44. The zero-order chi connectivity index (χ0) is 15.2. The largest absolute Gasteiger partial charge is 0.487 e. The molecule has 0 fully saturated rings. The summed E-state index contributed by atoms with van der Waals surface area (Å²) in [5.41, 5.74) is 8.61. The number of nitrogens with zero attached hydrogens (tertiary/aromatic N) is 2. The molecular weight excluding hydrogens is 286 g/mol. The molecule has 0 amide bonds. The number of rotatable bonds is 7. The molecule has 114 valence electrons. The molecule has 0 aliphatic rings. The predicted octanol–water partition coefficient (Wildman–Crippen LogP) is 3.20. The topological polar surface area (TPSA) is 53.1 Å². The molecule has 0 aliphatic carbocycles. The Kier molecular flexibility index (Phi) is 5.65. The molecule has 5 heteroatoms. The Hall–Kier alpha value is -1.52. The van der Waals surface area contributed by atoms with Crippen LogP contribution >= 0.6 is 11.6 Å². The maximum absolute atomic E-state index is 6.39. The van der Waals surface area contributed by atoms with Gasteiger partial charge in [-0.3, -0.25) is 4.68 Å². The van der Waals surface area contributed by atoms with Crippen LogP contribution in [-0.2, 0) is 26.0 Å². The van der Waals surface area contributed by atoms with Crippen LogP contribution in [0.1, 0.15) is 30.8 Å². The molecule has 2 aromatic rings. The number of hydrogen-bond donors (Lipinski definition) is 1.